The van der Waals surface area contributed by atoms with Gasteiger partial charge in [-0.25, -0.2) is 0 Å². The summed E-state index contributed by atoms with van der Waals surface area (Å²) in [4.78, 5) is 0. The van der Waals surface area contributed by atoms with E-state index in [-0.39, 0.29) is 6.61 Å². The van der Waals surface area contributed by atoms with Crippen LogP contribution in [0.25, 0.3) is 0 Å². The SMILES string of the molecule is CO[C@H]1O[C@H](CO[C@@H]2O[C@@H](C)[C@@H](OCc3ccccc3)[C@@H](OCc3ccccc3)[C@@H]2OCc2ccccc2)[C@@H](OCc2ccccc2)[C@H](OCc2ccccc2)[C@H]1OCc1ccccc1. The van der Waals surface area contributed by atoms with E-state index in [4.69, 9.17) is 47.4 Å². The van der Waals surface area contributed by atoms with Crippen molar-refractivity contribution < 1.29 is 47.4 Å². The van der Waals surface area contributed by atoms with Gasteiger partial charge in [0.05, 0.1) is 52.4 Å². The maximum atomic E-state index is 6.90. The molecule has 2 heterocycles. The topological polar surface area (TPSA) is 92.3 Å². The Morgan fingerprint density at radius 3 is 0.969 bits per heavy atom. The summed E-state index contributed by atoms with van der Waals surface area (Å²) in [5, 5.41) is 0. The van der Waals surface area contributed by atoms with Crippen molar-refractivity contribution >= 4 is 0 Å². The van der Waals surface area contributed by atoms with Gasteiger partial charge in [-0.15, -0.1) is 0 Å². The molecule has 2 aliphatic rings. The summed E-state index contributed by atoms with van der Waals surface area (Å²) in [6, 6.07) is 60.4. The molecule has 0 bridgehead atoms. The van der Waals surface area contributed by atoms with E-state index >= 15 is 0 Å². The third-order valence-electron chi connectivity index (χ3n) is 11.7. The highest BCUT2D eigenvalue weighted by molar-refractivity contribution is 5.18. The minimum atomic E-state index is -0.888. The summed E-state index contributed by atoms with van der Waals surface area (Å²) in [5.74, 6) is 0. The molecular weight excluding hydrogens is 821 g/mol. The van der Waals surface area contributed by atoms with Crippen molar-refractivity contribution in [3.05, 3.63) is 215 Å². The first kappa shape index (κ1) is 46.4. The van der Waals surface area contributed by atoms with Crippen molar-refractivity contribution in [2.75, 3.05) is 13.7 Å². The Morgan fingerprint density at radius 1 is 0.323 bits per heavy atom. The van der Waals surface area contributed by atoms with Crippen LogP contribution in [0.1, 0.15) is 40.3 Å². The molecule has 0 unspecified atom stereocenters. The number of ether oxygens (including phenoxy) is 10. The van der Waals surface area contributed by atoms with Crippen molar-refractivity contribution in [1.82, 2.24) is 0 Å². The minimum absolute atomic E-state index is 0.0411. The van der Waals surface area contributed by atoms with E-state index < -0.39 is 61.4 Å². The van der Waals surface area contributed by atoms with Gasteiger partial charge < -0.3 is 47.4 Å². The largest absolute Gasteiger partial charge is 0.368 e. The second kappa shape index (κ2) is 24.4. The van der Waals surface area contributed by atoms with Gasteiger partial charge in [0, 0.05) is 7.11 Å². The van der Waals surface area contributed by atoms with Crippen LogP contribution in [-0.2, 0) is 87.0 Å². The number of hydrogen-bond donors (Lipinski definition) is 0. The quantitative estimate of drug-likeness (QED) is 0.0657. The van der Waals surface area contributed by atoms with Gasteiger partial charge in [0.25, 0.3) is 0 Å². The van der Waals surface area contributed by atoms with E-state index in [0.29, 0.717) is 39.6 Å². The molecule has 0 aromatic heterocycles. The number of hydrogen-bond acceptors (Lipinski definition) is 10. The molecule has 10 heteroatoms. The second-order valence-corrected chi connectivity index (χ2v) is 16.4. The highest BCUT2D eigenvalue weighted by Gasteiger charge is 2.51. The fraction of sp³-hybridized carbons (Fsp3) is 0.345. The molecule has 65 heavy (non-hydrogen) atoms. The van der Waals surface area contributed by atoms with Gasteiger partial charge in [0.2, 0.25) is 0 Å². The molecule has 10 atom stereocenters. The van der Waals surface area contributed by atoms with E-state index in [1.807, 2.05) is 189 Å². The maximum Gasteiger partial charge on any atom is 0.186 e. The molecule has 0 saturated carbocycles. The molecule has 8 rings (SSSR count). The summed E-state index contributed by atoms with van der Waals surface area (Å²) < 4.78 is 67.4. The highest BCUT2D eigenvalue weighted by atomic mass is 16.7. The highest BCUT2D eigenvalue weighted by Crippen LogP contribution is 2.34. The van der Waals surface area contributed by atoms with E-state index in [1.54, 1.807) is 7.11 Å². The van der Waals surface area contributed by atoms with Crippen molar-refractivity contribution in [2.45, 2.75) is 108 Å². The zero-order valence-electron chi connectivity index (χ0n) is 37.1. The van der Waals surface area contributed by atoms with Crippen molar-refractivity contribution in [3.63, 3.8) is 0 Å². The van der Waals surface area contributed by atoms with Gasteiger partial charge in [-0.3, -0.25) is 0 Å². The normalized spacial score (nSPS) is 25.6. The van der Waals surface area contributed by atoms with Crippen LogP contribution in [0.2, 0.25) is 0 Å². The van der Waals surface area contributed by atoms with Gasteiger partial charge >= 0.3 is 0 Å². The standard InChI is InChI=1S/C55H60O10/c1-40-48(57-33-41-21-9-3-10-22-41)50(59-35-43-25-13-5-14-26-43)53(62-38-46-31-19-8-20-32-46)55(64-40)63-39-47-49(58-34-42-23-11-4-12-24-42)51(60-36-44-27-15-6-16-28-44)52(54(56-2)65-47)61-37-45-29-17-7-18-30-45/h3-32,40,47-55H,33-39H2,1-2H3/t40-,47+,48+,49+,50+,51-,52+,53-,54-,55+/m0/s1. The summed E-state index contributed by atoms with van der Waals surface area (Å²) in [7, 11) is 1.62. The lowest BCUT2D eigenvalue weighted by molar-refractivity contribution is -0.347. The van der Waals surface area contributed by atoms with Crippen molar-refractivity contribution in [3.8, 4) is 0 Å². The van der Waals surface area contributed by atoms with Crippen LogP contribution in [-0.4, -0.2) is 75.1 Å². The van der Waals surface area contributed by atoms with Crippen LogP contribution in [0.4, 0.5) is 0 Å². The lowest BCUT2D eigenvalue weighted by Gasteiger charge is -2.47. The molecule has 0 amide bonds. The predicted octanol–water partition coefficient (Wildman–Crippen LogP) is 9.63. The Kier molecular flexibility index (Phi) is 17.5. The Labute approximate surface area is 383 Å². The Balaban J connectivity index is 1.09. The van der Waals surface area contributed by atoms with Gasteiger partial charge in [0.15, 0.2) is 12.6 Å². The van der Waals surface area contributed by atoms with Gasteiger partial charge in [-0.05, 0) is 40.3 Å². The molecule has 0 radical (unpaired) electrons. The lowest BCUT2D eigenvalue weighted by Crippen LogP contribution is -2.63. The summed E-state index contributed by atoms with van der Waals surface area (Å²) in [5.41, 5.74) is 6.09. The molecule has 0 spiro atoms. The number of methoxy groups -OCH3 is 1. The molecule has 6 aromatic carbocycles. The lowest BCUT2D eigenvalue weighted by atomic mass is 9.97. The van der Waals surface area contributed by atoms with Crippen molar-refractivity contribution in [1.29, 1.82) is 0 Å². The van der Waals surface area contributed by atoms with E-state index in [2.05, 4.69) is 0 Å². The molecule has 2 fully saturated rings. The monoisotopic (exact) mass is 880 g/mol. The Morgan fingerprint density at radius 2 is 0.615 bits per heavy atom. The zero-order chi connectivity index (χ0) is 44.5. The average molecular weight is 881 g/mol. The first-order chi connectivity index (χ1) is 32.1. The van der Waals surface area contributed by atoms with Gasteiger partial charge in [-0.2, -0.15) is 0 Å². The maximum absolute atomic E-state index is 6.90. The third-order valence-corrected chi connectivity index (χ3v) is 11.7. The molecule has 0 aliphatic carbocycles. The van der Waals surface area contributed by atoms with Crippen LogP contribution in [0.3, 0.4) is 0 Å². The summed E-state index contributed by atoms with van der Waals surface area (Å²) in [6.45, 7) is 3.97. The first-order valence-electron chi connectivity index (χ1n) is 22.5. The van der Waals surface area contributed by atoms with E-state index in [9.17, 15) is 0 Å². The molecule has 340 valence electrons. The Hall–Kier alpha value is -5.08. The van der Waals surface area contributed by atoms with Crippen LogP contribution < -0.4 is 0 Å². The van der Waals surface area contributed by atoms with Crippen LogP contribution in [0.15, 0.2) is 182 Å². The molecule has 2 saturated heterocycles. The average Bonchev–Trinajstić information content (AvgIpc) is 3.36. The van der Waals surface area contributed by atoms with Crippen LogP contribution in [0.5, 0.6) is 0 Å². The number of benzene rings is 6. The van der Waals surface area contributed by atoms with Gasteiger partial charge in [-0.1, -0.05) is 182 Å². The minimum Gasteiger partial charge on any atom is -0.368 e. The second-order valence-electron chi connectivity index (χ2n) is 16.4. The molecular formula is C55H60O10. The van der Waals surface area contributed by atoms with Gasteiger partial charge in [0.1, 0.15) is 42.7 Å². The third kappa shape index (κ3) is 13.3. The smallest absolute Gasteiger partial charge is 0.186 e. The summed E-state index contributed by atoms with van der Waals surface area (Å²) >= 11 is 0. The fourth-order valence-corrected chi connectivity index (χ4v) is 8.26. The Bertz CT molecular complexity index is 2200. The number of rotatable bonds is 22. The molecule has 6 aromatic rings. The molecule has 10 nitrogen and oxygen atoms in total. The van der Waals surface area contributed by atoms with E-state index in [1.165, 1.54) is 0 Å². The molecule has 0 N–H and O–H groups in total. The summed E-state index contributed by atoms with van der Waals surface area (Å²) in [6.07, 6.45) is -6.59. The first-order valence-corrected chi connectivity index (χ1v) is 22.5. The van der Waals surface area contributed by atoms with Crippen molar-refractivity contribution in [2.24, 2.45) is 0 Å². The van der Waals surface area contributed by atoms with Crippen LogP contribution >= 0.6 is 0 Å². The fourth-order valence-electron chi connectivity index (χ4n) is 8.26. The molecule has 2 aliphatic heterocycles. The zero-order valence-corrected chi connectivity index (χ0v) is 37.1. The predicted molar refractivity (Wildman–Crippen MR) is 246 cm³/mol. The van der Waals surface area contributed by atoms with E-state index in [0.717, 1.165) is 33.4 Å². The van der Waals surface area contributed by atoms with Crippen LogP contribution in [0, 0.1) is 0 Å².